The Kier molecular flexibility index (Phi) is 5.27. The van der Waals surface area contributed by atoms with E-state index < -0.39 is 0 Å². The average Bonchev–Trinajstić information content (AvgIpc) is 2.41. The minimum absolute atomic E-state index is 0.195. The van der Waals surface area contributed by atoms with Crippen LogP contribution in [0.15, 0.2) is 47.4 Å². The number of nitrogens with two attached hydrogens (primary N) is 1. The van der Waals surface area contributed by atoms with Gasteiger partial charge < -0.3 is 5.73 Å². The molecule has 106 valence electrons. The predicted molar refractivity (Wildman–Crippen MR) is 89.5 cm³/mol. The highest BCUT2D eigenvalue weighted by atomic mass is 32.2. The monoisotopic (exact) mass is 285 g/mol. The molecule has 0 heterocycles. The lowest BCUT2D eigenvalue weighted by Crippen LogP contribution is -2.26. The zero-order valence-corrected chi connectivity index (χ0v) is 13.3. The first-order chi connectivity index (χ1) is 9.56. The Morgan fingerprint density at radius 2 is 1.65 bits per heavy atom. The van der Waals surface area contributed by atoms with Crippen LogP contribution in [0.3, 0.4) is 0 Å². The van der Waals surface area contributed by atoms with Crippen LogP contribution >= 0.6 is 11.8 Å². The molecule has 1 nitrogen and oxygen atoms in total. The van der Waals surface area contributed by atoms with Crippen molar-refractivity contribution in [2.75, 3.05) is 5.75 Å². The number of aryl methyl sites for hydroxylation is 3. The smallest absolute Gasteiger partial charge is 0.0174 e. The average molecular weight is 285 g/mol. The highest BCUT2D eigenvalue weighted by Crippen LogP contribution is 2.21. The van der Waals surface area contributed by atoms with Crippen molar-refractivity contribution in [1.29, 1.82) is 0 Å². The van der Waals surface area contributed by atoms with Crippen molar-refractivity contribution >= 4 is 11.8 Å². The van der Waals surface area contributed by atoms with E-state index in [1.807, 2.05) is 11.8 Å². The fourth-order valence-electron chi connectivity index (χ4n) is 2.40. The Morgan fingerprint density at radius 1 is 1.00 bits per heavy atom. The van der Waals surface area contributed by atoms with Gasteiger partial charge in [-0.05, 0) is 56.0 Å². The lowest BCUT2D eigenvalue weighted by atomic mass is 9.97. The fraction of sp³-hybridized carbons (Fsp3) is 0.333. The van der Waals surface area contributed by atoms with Gasteiger partial charge in [0.2, 0.25) is 0 Å². The van der Waals surface area contributed by atoms with E-state index in [1.54, 1.807) is 0 Å². The molecule has 0 aromatic heterocycles. The minimum atomic E-state index is 0.195. The molecule has 2 rings (SSSR count). The number of thioether (sulfide) groups is 1. The van der Waals surface area contributed by atoms with Crippen molar-refractivity contribution < 1.29 is 0 Å². The first-order valence-corrected chi connectivity index (χ1v) is 8.05. The van der Waals surface area contributed by atoms with E-state index in [-0.39, 0.29) is 6.04 Å². The van der Waals surface area contributed by atoms with E-state index in [9.17, 15) is 0 Å². The van der Waals surface area contributed by atoms with Crippen LogP contribution < -0.4 is 5.73 Å². The highest BCUT2D eigenvalue weighted by molar-refractivity contribution is 7.99. The van der Waals surface area contributed by atoms with E-state index in [0.29, 0.717) is 0 Å². The molecule has 0 spiro atoms. The van der Waals surface area contributed by atoms with Gasteiger partial charge in [-0.15, -0.1) is 11.8 Å². The van der Waals surface area contributed by atoms with Gasteiger partial charge in [0, 0.05) is 16.7 Å². The lowest BCUT2D eigenvalue weighted by Gasteiger charge is -2.15. The molecule has 0 aliphatic carbocycles. The molecule has 1 atom stereocenters. The van der Waals surface area contributed by atoms with Crippen LogP contribution in [0.25, 0.3) is 0 Å². The Morgan fingerprint density at radius 3 is 2.30 bits per heavy atom. The molecule has 2 heteroatoms. The SMILES string of the molecule is Cc1cccc(SCC(N)Cc2c(C)cccc2C)c1. The van der Waals surface area contributed by atoms with Crippen molar-refractivity contribution in [3.05, 3.63) is 64.7 Å². The third-order valence-electron chi connectivity index (χ3n) is 3.56. The van der Waals surface area contributed by atoms with E-state index in [0.717, 1.165) is 12.2 Å². The van der Waals surface area contributed by atoms with E-state index in [1.165, 1.54) is 27.1 Å². The van der Waals surface area contributed by atoms with Gasteiger partial charge in [0.05, 0.1) is 0 Å². The summed E-state index contributed by atoms with van der Waals surface area (Å²) >= 11 is 1.85. The summed E-state index contributed by atoms with van der Waals surface area (Å²) in [7, 11) is 0. The Bertz CT molecular complexity index is 557. The molecule has 0 fully saturated rings. The molecule has 0 aliphatic rings. The van der Waals surface area contributed by atoms with Gasteiger partial charge in [-0.1, -0.05) is 35.9 Å². The zero-order valence-electron chi connectivity index (χ0n) is 12.5. The van der Waals surface area contributed by atoms with Gasteiger partial charge in [0.15, 0.2) is 0 Å². The molecule has 1 unspecified atom stereocenters. The molecule has 0 saturated heterocycles. The molecule has 0 saturated carbocycles. The number of hydrogen-bond donors (Lipinski definition) is 1. The summed E-state index contributed by atoms with van der Waals surface area (Å²) in [5.41, 5.74) is 11.7. The molecular weight excluding hydrogens is 262 g/mol. The fourth-order valence-corrected chi connectivity index (χ4v) is 3.37. The van der Waals surface area contributed by atoms with Crippen molar-refractivity contribution in [2.45, 2.75) is 38.1 Å². The summed E-state index contributed by atoms with van der Waals surface area (Å²) < 4.78 is 0. The molecular formula is C18H23NS. The van der Waals surface area contributed by atoms with Crippen LogP contribution in [-0.2, 0) is 6.42 Å². The third-order valence-corrected chi connectivity index (χ3v) is 4.75. The van der Waals surface area contributed by atoms with Crippen molar-refractivity contribution in [3.8, 4) is 0 Å². The molecule has 0 amide bonds. The third kappa shape index (κ3) is 4.12. The molecule has 2 aromatic carbocycles. The van der Waals surface area contributed by atoms with Crippen LogP contribution in [0.5, 0.6) is 0 Å². The summed E-state index contributed by atoms with van der Waals surface area (Å²) in [5.74, 6) is 0.956. The first-order valence-electron chi connectivity index (χ1n) is 7.06. The molecule has 0 bridgehead atoms. The van der Waals surface area contributed by atoms with Gasteiger partial charge in [-0.2, -0.15) is 0 Å². The first kappa shape index (κ1) is 15.1. The summed E-state index contributed by atoms with van der Waals surface area (Å²) in [6.45, 7) is 6.46. The van der Waals surface area contributed by atoms with E-state index >= 15 is 0 Å². The van der Waals surface area contributed by atoms with Gasteiger partial charge in [-0.25, -0.2) is 0 Å². The zero-order chi connectivity index (χ0) is 14.5. The van der Waals surface area contributed by atoms with Crippen LogP contribution in [0.2, 0.25) is 0 Å². The maximum atomic E-state index is 6.31. The summed E-state index contributed by atoms with van der Waals surface area (Å²) in [6, 6.07) is 15.3. The van der Waals surface area contributed by atoms with Crippen LogP contribution in [0, 0.1) is 20.8 Å². The van der Waals surface area contributed by atoms with E-state index in [4.69, 9.17) is 5.73 Å². The second kappa shape index (κ2) is 6.96. The Balaban J connectivity index is 1.94. The van der Waals surface area contributed by atoms with Crippen LogP contribution in [0.1, 0.15) is 22.3 Å². The van der Waals surface area contributed by atoms with Gasteiger partial charge >= 0.3 is 0 Å². The quantitative estimate of drug-likeness (QED) is 0.830. The Labute approximate surface area is 126 Å². The van der Waals surface area contributed by atoms with Gasteiger partial charge in [0.25, 0.3) is 0 Å². The van der Waals surface area contributed by atoms with Crippen molar-refractivity contribution in [1.82, 2.24) is 0 Å². The van der Waals surface area contributed by atoms with Crippen LogP contribution in [0.4, 0.5) is 0 Å². The maximum Gasteiger partial charge on any atom is 0.0174 e. The predicted octanol–water partition coefficient (Wildman–Crippen LogP) is 4.27. The molecule has 20 heavy (non-hydrogen) atoms. The normalized spacial score (nSPS) is 12.4. The van der Waals surface area contributed by atoms with Crippen molar-refractivity contribution in [2.24, 2.45) is 5.73 Å². The van der Waals surface area contributed by atoms with Gasteiger partial charge in [-0.3, -0.25) is 0 Å². The number of rotatable bonds is 5. The largest absolute Gasteiger partial charge is 0.327 e. The summed E-state index contributed by atoms with van der Waals surface area (Å²) in [4.78, 5) is 1.31. The van der Waals surface area contributed by atoms with Crippen LogP contribution in [-0.4, -0.2) is 11.8 Å². The molecule has 2 aromatic rings. The van der Waals surface area contributed by atoms with E-state index in [2.05, 4.69) is 63.2 Å². The lowest BCUT2D eigenvalue weighted by molar-refractivity contribution is 0.741. The minimum Gasteiger partial charge on any atom is -0.327 e. The topological polar surface area (TPSA) is 26.0 Å². The maximum absolute atomic E-state index is 6.31. The molecule has 0 aliphatic heterocycles. The summed E-state index contributed by atoms with van der Waals surface area (Å²) in [5, 5.41) is 0. The highest BCUT2D eigenvalue weighted by Gasteiger charge is 2.09. The molecule has 2 N–H and O–H groups in total. The number of hydrogen-bond acceptors (Lipinski definition) is 2. The van der Waals surface area contributed by atoms with Gasteiger partial charge in [0.1, 0.15) is 0 Å². The Hall–Kier alpha value is -1.25. The summed E-state index contributed by atoms with van der Waals surface area (Å²) in [6.07, 6.45) is 0.956. The second-order valence-corrected chi connectivity index (χ2v) is 6.56. The standard InChI is InChI=1S/C18H23NS/c1-13-6-4-9-17(10-13)20-12-16(19)11-18-14(2)7-5-8-15(18)3/h4-10,16H,11-12,19H2,1-3H3. The number of benzene rings is 2. The van der Waals surface area contributed by atoms with Crippen molar-refractivity contribution in [3.63, 3.8) is 0 Å². The second-order valence-electron chi connectivity index (χ2n) is 5.46. The molecule has 0 radical (unpaired) electrons.